The molecule has 0 saturated heterocycles. The molecule has 0 aromatic carbocycles. The van der Waals surface area contributed by atoms with Gasteiger partial charge in [-0.2, -0.15) is 0 Å². The van der Waals surface area contributed by atoms with Crippen molar-refractivity contribution in [2.75, 3.05) is 0 Å². The van der Waals surface area contributed by atoms with Gasteiger partial charge < -0.3 is 0 Å². The number of hydrogen-bond donors (Lipinski definition) is 0. The topological polar surface area (TPSA) is 0 Å². The van der Waals surface area contributed by atoms with Crippen LogP contribution in [0.1, 0.15) is 72.1 Å². The molecule has 0 aliphatic rings. The summed E-state index contributed by atoms with van der Waals surface area (Å²) in [7, 11) is 0. The molecular weight excluding hydrogens is 306 g/mol. The van der Waals surface area contributed by atoms with Gasteiger partial charge in [-0.3, -0.25) is 0 Å². The Morgan fingerprint density at radius 2 is 1.06 bits per heavy atom. The molecule has 0 heterocycles. The molecule has 0 atom stereocenters. The molecule has 2 heteroatoms. The quantitative estimate of drug-likeness (QED) is 0.316. The first-order valence-electron chi connectivity index (χ1n) is 7.37. The van der Waals surface area contributed by atoms with Gasteiger partial charge in [0, 0.05) is 0 Å². The average molecular weight is 337 g/mol. The van der Waals surface area contributed by atoms with Gasteiger partial charge in [0.25, 0.3) is 0 Å². The van der Waals surface area contributed by atoms with Crippen molar-refractivity contribution < 1.29 is 2.87 Å². The van der Waals surface area contributed by atoms with Crippen molar-refractivity contribution in [3.05, 3.63) is 0 Å². The molecule has 0 saturated carbocycles. The van der Waals surface area contributed by atoms with E-state index >= 15 is 0 Å². The van der Waals surface area contributed by atoms with Crippen LogP contribution in [0, 0.1) is 0 Å². The first kappa shape index (κ1) is 16.7. The average Bonchev–Trinajstić information content (AvgIpc) is 2.30. The Morgan fingerprint density at radius 3 is 1.50 bits per heavy atom. The minimum atomic E-state index is -3.11. The van der Waals surface area contributed by atoms with E-state index in [1.54, 1.807) is 0 Å². The van der Waals surface area contributed by atoms with Crippen LogP contribution in [0.3, 0.4) is 0 Å². The molecule has 0 unspecified atom stereocenters. The van der Waals surface area contributed by atoms with Crippen LogP contribution in [0.25, 0.3) is 0 Å². The summed E-state index contributed by atoms with van der Waals surface area (Å²) in [6.07, 6.45) is 9.62. The van der Waals surface area contributed by atoms with Gasteiger partial charge in [-0.15, -0.1) is 0 Å². The molecule has 0 aliphatic heterocycles. The molecular formula is C14H31FSn. The molecule has 0 nitrogen and oxygen atoms in total. The third-order valence-electron chi connectivity index (χ3n) is 3.44. The van der Waals surface area contributed by atoms with Gasteiger partial charge in [0.05, 0.1) is 0 Å². The third-order valence-corrected chi connectivity index (χ3v) is 14.1. The van der Waals surface area contributed by atoms with Crippen molar-refractivity contribution in [3.63, 3.8) is 0 Å². The molecule has 0 rings (SSSR count). The second kappa shape index (κ2) is 10.9. The van der Waals surface area contributed by atoms with Crippen LogP contribution in [0.2, 0.25) is 13.3 Å². The van der Waals surface area contributed by atoms with E-state index in [9.17, 15) is 2.87 Å². The van der Waals surface area contributed by atoms with E-state index in [0.717, 1.165) is 26.2 Å². The number of hydrogen-bond acceptors (Lipinski definition) is 0. The molecule has 16 heavy (non-hydrogen) atoms. The van der Waals surface area contributed by atoms with Gasteiger partial charge in [0.2, 0.25) is 0 Å². The fourth-order valence-corrected chi connectivity index (χ4v) is 12.5. The molecule has 0 N–H and O–H groups in total. The molecule has 0 fully saturated rings. The summed E-state index contributed by atoms with van der Waals surface area (Å²) in [6, 6.07) is 0. The first-order chi connectivity index (χ1) is 7.68. The molecule has 0 aromatic rings. The van der Waals surface area contributed by atoms with Crippen molar-refractivity contribution in [2.45, 2.75) is 85.4 Å². The maximum atomic E-state index is 14.8. The molecule has 0 radical (unpaired) electrons. The zero-order chi connectivity index (χ0) is 12.3. The summed E-state index contributed by atoms with van der Waals surface area (Å²) in [5, 5.41) is 0. The molecule has 98 valence electrons. The summed E-state index contributed by atoms with van der Waals surface area (Å²) in [5.74, 6) is 0. The maximum absolute atomic E-state index is 14.8. The van der Waals surface area contributed by atoms with E-state index in [1.165, 1.54) is 38.5 Å². The Morgan fingerprint density at radius 1 is 0.625 bits per heavy atom. The van der Waals surface area contributed by atoms with Crippen molar-refractivity contribution >= 4 is 18.9 Å². The molecule has 0 amide bonds. The van der Waals surface area contributed by atoms with E-state index in [4.69, 9.17) is 0 Å². The number of unbranched alkanes of at least 4 members (excludes halogenated alkanes) is 5. The van der Waals surface area contributed by atoms with E-state index < -0.39 is 18.9 Å². The van der Waals surface area contributed by atoms with Crippen molar-refractivity contribution in [2.24, 2.45) is 0 Å². The Kier molecular flexibility index (Phi) is 11.4. The normalized spacial score (nSPS) is 12.0. The Bertz CT molecular complexity index is 140. The van der Waals surface area contributed by atoms with Crippen LogP contribution in [0.15, 0.2) is 0 Å². The fraction of sp³-hybridized carbons (Fsp3) is 1.00. The second-order valence-corrected chi connectivity index (χ2v) is 16.0. The van der Waals surface area contributed by atoms with Crippen LogP contribution in [-0.4, -0.2) is 18.9 Å². The second-order valence-electron chi connectivity index (χ2n) is 5.17. The van der Waals surface area contributed by atoms with Gasteiger partial charge >= 0.3 is 107 Å². The van der Waals surface area contributed by atoms with Gasteiger partial charge in [-0.25, -0.2) is 0 Å². The van der Waals surface area contributed by atoms with Crippen LogP contribution < -0.4 is 0 Å². The summed E-state index contributed by atoms with van der Waals surface area (Å²) in [6.45, 7) is 6.59. The molecule has 0 aliphatic carbocycles. The van der Waals surface area contributed by atoms with Crippen LogP contribution >= 0.6 is 0 Å². The summed E-state index contributed by atoms with van der Waals surface area (Å²) >= 11 is -3.11. The van der Waals surface area contributed by atoms with E-state index in [2.05, 4.69) is 20.8 Å². The summed E-state index contributed by atoms with van der Waals surface area (Å²) in [4.78, 5) is 0. The van der Waals surface area contributed by atoms with Crippen molar-refractivity contribution in [3.8, 4) is 0 Å². The van der Waals surface area contributed by atoms with Crippen LogP contribution in [0.5, 0.6) is 0 Å². The Balaban J connectivity index is 3.86. The van der Waals surface area contributed by atoms with Crippen molar-refractivity contribution in [1.29, 1.82) is 0 Å². The molecule has 0 spiro atoms. The fourth-order valence-electron chi connectivity index (χ4n) is 2.23. The zero-order valence-electron chi connectivity index (χ0n) is 11.7. The van der Waals surface area contributed by atoms with E-state index in [-0.39, 0.29) is 0 Å². The van der Waals surface area contributed by atoms with Gasteiger partial charge in [0.15, 0.2) is 0 Å². The monoisotopic (exact) mass is 338 g/mol. The third kappa shape index (κ3) is 8.83. The SMILES string of the molecule is CCCCC[CH2][Sn]([F])([CH2]CCC)[CH2]CCC. The Hall–Kier alpha value is 0.729. The van der Waals surface area contributed by atoms with E-state index in [1.807, 2.05) is 0 Å². The molecule has 0 aromatic heterocycles. The predicted octanol–water partition coefficient (Wildman–Crippen LogP) is 6.08. The first-order valence-corrected chi connectivity index (χ1v) is 14.5. The summed E-state index contributed by atoms with van der Waals surface area (Å²) in [5.41, 5.74) is 0. The van der Waals surface area contributed by atoms with Crippen LogP contribution in [0.4, 0.5) is 2.87 Å². The zero-order valence-corrected chi connectivity index (χ0v) is 14.5. The van der Waals surface area contributed by atoms with Crippen molar-refractivity contribution in [1.82, 2.24) is 0 Å². The van der Waals surface area contributed by atoms with Gasteiger partial charge in [-0.1, -0.05) is 0 Å². The Labute approximate surface area is 107 Å². The van der Waals surface area contributed by atoms with Crippen LogP contribution in [-0.2, 0) is 0 Å². The molecule has 0 bridgehead atoms. The standard InChI is InChI=1S/C6H13.2C4H9.FH.Sn/c1-3-5-6-4-2;2*1-3-4-2;;/h1,3-6H2,2H3;2*1,3-4H2,2H3;1H;/q;;;;+1/p-1. The van der Waals surface area contributed by atoms with Gasteiger partial charge in [0.1, 0.15) is 0 Å². The minimum absolute atomic E-state index is 0.997. The number of rotatable bonds is 11. The number of halogens is 1. The predicted molar refractivity (Wildman–Crippen MR) is 75.2 cm³/mol. The van der Waals surface area contributed by atoms with Gasteiger partial charge in [-0.05, 0) is 0 Å². The van der Waals surface area contributed by atoms with E-state index in [0.29, 0.717) is 0 Å². The summed E-state index contributed by atoms with van der Waals surface area (Å²) < 4.78 is 17.8.